The number of aromatic nitrogens is 1. The highest BCUT2D eigenvalue weighted by Gasteiger charge is 2.40. The van der Waals surface area contributed by atoms with Gasteiger partial charge in [-0.25, -0.2) is 4.79 Å². The lowest BCUT2D eigenvalue weighted by molar-refractivity contribution is -0.170. The number of hydrogen-bond donors (Lipinski definition) is 6. The van der Waals surface area contributed by atoms with E-state index in [2.05, 4.69) is 0 Å². The van der Waals surface area contributed by atoms with Crippen molar-refractivity contribution in [1.82, 2.24) is 4.57 Å². The van der Waals surface area contributed by atoms with E-state index in [1.54, 1.807) is 17.7 Å². The number of nitrogens with zero attached hydrogens (tertiary/aromatic N) is 1. The summed E-state index contributed by atoms with van der Waals surface area (Å²) in [5.41, 5.74) is -2.63. The monoisotopic (exact) mass is 403 g/mol. The summed E-state index contributed by atoms with van der Waals surface area (Å²) in [7, 11) is 0. The molecule has 28 heavy (non-hydrogen) atoms. The second-order valence-electron chi connectivity index (χ2n) is 6.49. The number of hydrogen-bond acceptors (Lipinski definition) is 7. The minimum atomic E-state index is -2.74. The van der Waals surface area contributed by atoms with Crippen molar-refractivity contribution in [3.63, 3.8) is 0 Å². The number of pyridine rings is 1. The Bertz CT molecular complexity index is 752. The van der Waals surface area contributed by atoms with Crippen LogP contribution < -0.4 is 5.43 Å². The molecule has 1 atom stereocenters. The fourth-order valence-corrected chi connectivity index (χ4v) is 2.33. The Labute approximate surface area is 160 Å². The zero-order valence-corrected chi connectivity index (χ0v) is 15.7. The lowest BCUT2D eigenvalue weighted by Gasteiger charge is -2.24. The first-order valence-electron chi connectivity index (χ1n) is 8.17. The van der Waals surface area contributed by atoms with Crippen LogP contribution >= 0.6 is 0 Å². The van der Waals surface area contributed by atoms with Crippen LogP contribution in [0.1, 0.15) is 38.4 Å². The molecule has 0 aliphatic rings. The SMILES string of the molecule is Cc1c(O)c(=O)ccn1[C@H](CO)C(C)C.O=C(O)CC(O)(CC(=O)O)C(=O)O. The molecule has 0 saturated carbocycles. The van der Waals surface area contributed by atoms with Crippen LogP contribution in [0.5, 0.6) is 5.75 Å². The zero-order chi connectivity index (χ0) is 22.2. The molecule has 0 unspecified atom stereocenters. The number of aromatic hydroxyl groups is 1. The van der Waals surface area contributed by atoms with Gasteiger partial charge in [0.05, 0.1) is 31.2 Å². The largest absolute Gasteiger partial charge is 0.503 e. The number of carboxylic acid groups (broad SMARTS) is 3. The van der Waals surface area contributed by atoms with Crippen LogP contribution in [-0.2, 0) is 14.4 Å². The van der Waals surface area contributed by atoms with Crippen molar-refractivity contribution >= 4 is 17.9 Å². The minimum Gasteiger partial charge on any atom is -0.503 e. The standard InChI is InChI=1S/C11H17NO3.C6H8O7/c1-7(2)9(6-13)12-5-4-10(14)11(15)8(12)3;7-3(8)1-6(13,5(11)12)2-4(9)10/h4-5,7,9,13,15H,6H2,1-3H3;13H,1-2H2,(H,7,8)(H,9,10)(H,11,12)/t9-;/m1./s1. The molecule has 0 aromatic carbocycles. The summed E-state index contributed by atoms with van der Waals surface area (Å²) in [4.78, 5) is 41.6. The maximum absolute atomic E-state index is 11.1. The van der Waals surface area contributed by atoms with Crippen molar-refractivity contribution in [1.29, 1.82) is 0 Å². The van der Waals surface area contributed by atoms with E-state index in [4.69, 9.17) is 20.4 Å². The van der Waals surface area contributed by atoms with Crippen molar-refractivity contribution in [3.8, 4) is 5.75 Å². The summed E-state index contributed by atoms with van der Waals surface area (Å²) in [5.74, 6) is -5.03. The van der Waals surface area contributed by atoms with Gasteiger partial charge in [0.15, 0.2) is 11.4 Å². The summed E-state index contributed by atoms with van der Waals surface area (Å²) in [5, 5.41) is 52.6. The molecule has 1 heterocycles. The van der Waals surface area contributed by atoms with E-state index in [0.717, 1.165) is 0 Å². The normalized spacial score (nSPS) is 12.1. The van der Waals surface area contributed by atoms with Crippen LogP contribution in [0.15, 0.2) is 17.1 Å². The molecule has 0 aliphatic heterocycles. The number of aliphatic hydroxyl groups excluding tert-OH is 1. The molecular formula is C17H25NO10. The molecular weight excluding hydrogens is 378 g/mol. The van der Waals surface area contributed by atoms with Gasteiger partial charge in [-0.3, -0.25) is 14.4 Å². The fraction of sp³-hybridized carbons (Fsp3) is 0.529. The van der Waals surface area contributed by atoms with Gasteiger partial charge < -0.3 is 35.2 Å². The molecule has 1 rings (SSSR count). The van der Waals surface area contributed by atoms with Gasteiger partial charge >= 0.3 is 17.9 Å². The molecule has 11 nitrogen and oxygen atoms in total. The molecule has 0 saturated heterocycles. The predicted molar refractivity (Wildman–Crippen MR) is 95.2 cm³/mol. The van der Waals surface area contributed by atoms with Gasteiger partial charge in [0.25, 0.3) is 0 Å². The molecule has 11 heteroatoms. The zero-order valence-electron chi connectivity index (χ0n) is 15.7. The van der Waals surface area contributed by atoms with Crippen LogP contribution in [0.2, 0.25) is 0 Å². The lowest BCUT2D eigenvalue weighted by Crippen LogP contribution is -2.42. The predicted octanol–water partition coefficient (Wildman–Crippen LogP) is -0.197. The summed E-state index contributed by atoms with van der Waals surface area (Å²) in [6.45, 7) is 5.62. The molecule has 0 spiro atoms. The molecule has 0 radical (unpaired) electrons. The highest BCUT2D eigenvalue weighted by Crippen LogP contribution is 2.21. The third kappa shape index (κ3) is 7.00. The number of aliphatic hydroxyl groups is 2. The Morgan fingerprint density at radius 1 is 1.11 bits per heavy atom. The molecule has 0 aliphatic carbocycles. The Hall–Kier alpha value is -2.92. The van der Waals surface area contributed by atoms with Gasteiger partial charge in [0.1, 0.15) is 0 Å². The summed E-state index contributed by atoms with van der Waals surface area (Å²) in [6.07, 6.45) is -0.679. The summed E-state index contributed by atoms with van der Waals surface area (Å²) >= 11 is 0. The average Bonchev–Trinajstić information content (AvgIpc) is 2.54. The van der Waals surface area contributed by atoms with Gasteiger partial charge in [-0.2, -0.15) is 0 Å². The first-order chi connectivity index (χ1) is 12.8. The summed E-state index contributed by atoms with van der Waals surface area (Å²) < 4.78 is 1.74. The van der Waals surface area contributed by atoms with E-state index in [1.807, 2.05) is 13.8 Å². The third-order valence-electron chi connectivity index (χ3n) is 3.95. The Kier molecular flexibility index (Phi) is 9.34. The van der Waals surface area contributed by atoms with Gasteiger partial charge in [0, 0.05) is 12.3 Å². The summed E-state index contributed by atoms with van der Waals surface area (Å²) in [6, 6.07) is 1.20. The van der Waals surface area contributed by atoms with Crippen molar-refractivity contribution in [3.05, 3.63) is 28.2 Å². The molecule has 1 aromatic rings. The number of carboxylic acids is 3. The number of rotatable bonds is 8. The van der Waals surface area contributed by atoms with Crippen LogP contribution in [0.25, 0.3) is 0 Å². The van der Waals surface area contributed by atoms with Gasteiger partial charge in [-0.15, -0.1) is 0 Å². The third-order valence-corrected chi connectivity index (χ3v) is 3.95. The van der Waals surface area contributed by atoms with E-state index in [9.17, 15) is 29.4 Å². The molecule has 158 valence electrons. The van der Waals surface area contributed by atoms with E-state index in [0.29, 0.717) is 5.69 Å². The first kappa shape index (κ1) is 25.1. The first-order valence-corrected chi connectivity index (χ1v) is 8.17. The number of aliphatic carboxylic acids is 3. The lowest BCUT2D eigenvalue weighted by atomic mass is 9.96. The Morgan fingerprint density at radius 3 is 1.89 bits per heavy atom. The molecule has 0 fully saturated rings. The van der Waals surface area contributed by atoms with E-state index >= 15 is 0 Å². The molecule has 0 amide bonds. The number of carbonyl (C=O) groups is 3. The Balaban J connectivity index is 0.000000528. The molecule has 6 N–H and O–H groups in total. The van der Waals surface area contributed by atoms with Crippen LogP contribution in [-0.4, -0.2) is 65.3 Å². The fourth-order valence-electron chi connectivity index (χ4n) is 2.33. The van der Waals surface area contributed by atoms with E-state index in [1.165, 1.54) is 6.07 Å². The van der Waals surface area contributed by atoms with Crippen molar-refractivity contribution in [2.24, 2.45) is 5.92 Å². The average molecular weight is 403 g/mol. The quantitative estimate of drug-likeness (QED) is 0.338. The van der Waals surface area contributed by atoms with Crippen molar-refractivity contribution < 1.29 is 45.0 Å². The molecule has 1 aromatic heterocycles. The molecule has 0 bridgehead atoms. The second kappa shape index (κ2) is 10.4. The smallest absolute Gasteiger partial charge is 0.336 e. The van der Waals surface area contributed by atoms with Crippen LogP contribution in [0.3, 0.4) is 0 Å². The van der Waals surface area contributed by atoms with E-state index < -0.39 is 36.4 Å². The second-order valence-corrected chi connectivity index (χ2v) is 6.49. The van der Waals surface area contributed by atoms with Gasteiger partial charge in [-0.05, 0) is 12.8 Å². The maximum Gasteiger partial charge on any atom is 0.336 e. The van der Waals surface area contributed by atoms with Gasteiger partial charge in [0.2, 0.25) is 5.43 Å². The highest BCUT2D eigenvalue weighted by atomic mass is 16.4. The minimum absolute atomic E-state index is 0.0131. The maximum atomic E-state index is 11.1. The van der Waals surface area contributed by atoms with E-state index in [-0.39, 0.29) is 29.7 Å². The van der Waals surface area contributed by atoms with Crippen molar-refractivity contribution in [2.75, 3.05) is 6.61 Å². The van der Waals surface area contributed by atoms with Crippen LogP contribution in [0.4, 0.5) is 0 Å². The highest BCUT2D eigenvalue weighted by molar-refractivity contribution is 5.88. The van der Waals surface area contributed by atoms with Gasteiger partial charge in [-0.1, -0.05) is 13.8 Å². The Morgan fingerprint density at radius 2 is 1.57 bits per heavy atom. The topological polar surface area (TPSA) is 195 Å². The van der Waals surface area contributed by atoms with Crippen LogP contribution in [0, 0.1) is 12.8 Å². The van der Waals surface area contributed by atoms with Crippen molar-refractivity contribution in [2.45, 2.75) is 45.3 Å².